The van der Waals surface area contributed by atoms with Gasteiger partial charge in [0.25, 0.3) is 0 Å². The lowest BCUT2D eigenvalue weighted by Gasteiger charge is -2.32. The standard InChI is InChI=1S/C10H19O3PS/c1-10(2)4-8(5-11-10)9-6-12-14(3,15)13-7-9/h8-9H,4-7H2,1-3H3. The van der Waals surface area contributed by atoms with Crippen LogP contribution in [0, 0.1) is 11.8 Å². The largest absolute Gasteiger partial charge is 0.375 e. The zero-order chi connectivity index (χ0) is 11.1. The van der Waals surface area contributed by atoms with Crippen LogP contribution in [-0.4, -0.2) is 32.1 Å². The highest BCUT2D eigenvalue weighted by Gasteiger charge is 2.39. The summed E-state index contributed by atoms with van der Waals surface area (Å²) in [6.45, 7) is 6.60. The Balaban J connectivity index is 1.89. The van der Waals surface area contributed by atoms with Gasteiger partial charge in [0.2, 0.25) is 0 Å². The van der Waals surface area contributed by atoms with Gasteiger partial charge in [-0.2, -0.15) is 0 Å². The Morgan fingerprint density at radius 1 is 1.13 bits per heavy atom. The van der Waals surface area contributed by atoms with E-state index in [0.717, 1.165) is 26.2 Å². The van der Waals surface area contributed by atoms with E-state index < -0.39 is 6.49 Å². The maximum absolute atomic E-state index is 5.73. The van der Waals surface area contributed by atoms with Crippen LogP contribution in [0.5, 0.6) is 0 Å². The molecule has 2 rings (SSSR count). The summed E-state index contributed by atoms with van der Waals surface area (Å²) in [6, 6.07) is 0. The molecule has 0 aromatic heterocycles. The fourth-order valence-corrected chi connectivity index (χ4v) is 3.57. The van der Waals surface area contributed by atoms with E-state index in [2.05, 4.69) is 13.8 Å². The second kappa shape index (κ2) is 4.08. The third kappa shape index (κ3) is 3.01. The van der Waals surface area contributed by atoms with Gasteiger partial charge < -0.3 is 13.8 Å². The number of rotatable bonds is 1. The van der Waals surface area contributed by atoms with Crippen molar-refractivity contribution >= 4 is 18.3 Å². The van der Waals surface area contributed by atoms with Crippen molar-refractivity contribution in [1.82, 2.24) is 0 Å². The van der Waals surface area contributed by atoms with Crippen molar-refractivity contribution in [3.63, 3.8) is 0 Å². The molecule has 0 N–H and O–H groups in total. The van der Waals surface area contributed by atoms with E-state index in [9.17, 15) is 0 Å². The van der Waals surface area contributed by atoms with Crippen molar-refractivity contribution in [2.24, 2.45) is 11.8 Å². The molecule has 2 saturated heterocycles. The molecule has 2 heterocycles. The molecular formula is C10H19O3PS. The van der Waals surface area contributed by atoms with E-state index in [0.29, 0.717) is 11.8 Å². The van der Waals surface area contributed by atoms with E-state index in [1.54, 1.807) is 0 Å². The Kier molecular flexibility index (Phi) is 3.26. The highest BCUT2D eigenvalue weighted by Crippen LogP contribution is 2.50. The van der Waals surface area contributed by atoms with Gasteiger partial charge >= 0.3 is 0 Å². The molecule has 0 saturated carbocycles. The van der Waals surface area contributed by atoms with Crippen molar-refractivity contribution in [3.8, 4) is 0 Å². The van der Waals surface area contributed by atoms with E-state index in [4.69, 9.17) is 25.6 Å². The van der Waals surface area contributed by atoms with Gasteiger partial charge in [0.15, 0.2) is 6.49 Å². The maximum Gasteiger partial charge on any atom is 0.185 e. The Morgan fingerprint density at radius 3 is 2.20 bits per heavy atom. The molecule has 0 aromatic rings. The van der Waals surface area contributed by atoms with Gasteiger partial charge in [0.1, 0.15) is 0 Å². The first-order valence-electron chi connectivity index (χ1n) is 5.38. The van der Waals surface area contributed by atoms with Crippen molar-refractivity contribution in [3.05, 3.63) is 0 Å². The monoisotopic (exact) mass is 250 g/mol. The highest BCUT2D eigenvalue weighted by atomic mass is 32.5. The predicted octanol–water partition coefficient (Wildman–Crippen LogP) is 2.40. The first-order chi connectivity index (χ1) is 6.88. The lowest BCUT2D eigenvalue weighted by atomic mass is 9.88. The number of ether oxygens (including phenoxy) is 1. The molecule has 3 nitrogen and oxygen atoms in total. The molecule has 5 heteroatoms. The minimum atomic E-state index is -1.90. The molecule has 2 fully saturated rings. The van der Waals surface area contributed by atoms with Crippen LogP contribution < -0.4 is 0 Å². The van der Waals surface area contributed by atoms with Crippen molar-refractivity contribution in [2.45, 2.75) is 25.9 Å². The Hall–Kier alpha value is 0.530. The second-order valence-electron chi connectivity index (χ2n) is 5.16. The quantitative estimate of drug-likeness (QED) is 0.668. The van der Waals surface area contributed by atoms with E-state index >= 15 is 0 Å². The normalized spacial score (nSPS) is 45.5. The zero-order valence-corrected chi connectivity index (χ0v) is 11.3. The zero-order valence-electron chi connectivity index (χ0n) is 9.56. The second-order valence-corrected chi connectivity index (χ2v) is 9.21. The summed E-state index contributed by atoms with van der Waals surface area (Å²) >= 11 is 5.20. The topological polar surface area (TPSA) is 27.7 Å². The molecule has 1 unspecified atom stereocenters. The van der Waals surface area contributed by atoms with Crippen LogP contribution in [0.25, 0.3) is 0 Å². The third-order valence-corrected chi connectivity index (χ3v) is 5.02. The van der Waals surface area contributed by atoms with Crippen LogP contribution in [0.4, 0.5) is 0 Å². The summed E-state index contributed by atoms with van der Waals surface area (Å²) in [7, 11) is 0. The first-order valence-corrected chi connectivity index (χ1v) is 8.47. The van der Waals surface area contributed by atoms with Crippen molar-refractivity contribution < 1.29 is 13.8 Å². The molecule has 15 heavy (non-hydrogen) atoms. The average molecular weight is 250 g/mol. The molecule has 0 aliphatic carbocycles. The van der Waals surface area contributed by atoms with Gasteiger partial charge in [-0.25, -0.2) is 0 Å². The third-order valence-electron chi connectivity index (χ3n) is 3.15. The number of hydrogen-bond donors (Lipinski definition) is 0. The SMILES string of the molecule is CC1(C)CC(C2COP(C)(=S)OC2)CO1. The first kappa shape index (κ1) is 12.0. The van der Waals surface area contributed by atoms with Crippen molar-refractivity contribution in [2.75, 3.05) is 26.5 Å². The van der Waals surface area contributed by atoms with Crippen molar-refractivity contribution in [1.29, 1.82) is 0 Å². The van der Waals surface area contributed by atoms with Crippen LogP contribution in [0.15, 0.2) is 0 Å². The van der Waals surface area contributed by atoms with Gasteiger partial charge in [-0.05, 0) is 38.0 Å². The van der Waals surface area contributed by atoms with Crippen LogP contribution in [0.2, 0.25) is 0 Å². The van der Waals surface area contributed by atoms with E-state index in [1.807, 2.05) is 6.66 Å². The fourth-order valence-electron chi connectivity index (χ4n) is 2.20. The molecule has 88 valence electrons. The van der Waals surface area contributed by atoms with Crippen LogP contribution in [0.3, 0.4) is 0 Å². The Bertz CT molecular complexity index is 280. The molecule has 1 atom stereocenters. The van der Waals surface area contributed by atoms with Crippen LogP contribution in [0.1, 0.15) is 20.3 Å². The lowest BCUT2D eigenvalue weighted by Crippen LogP contribution is -2.29. The molecule has 2 aliphatic heterocycles. The van der Waals surface area contributed by atoms with Gasteiger partial charge in [-0.3, -0.25) is 0 Å². The number of hydrogen-bond acceptors (Lipinski definition) is 4. The summed E-state index contributed by atoms with van der Waals surface area (Å²) in [4.78, 5) is 0. The van der Waals surface area contributed by atoms with Gasteiger partial charge in [-0.1, -0.05) is 0 Å². The lowest BCUT2D eigenvalue weighted by molar-refractivity contribution is 0.0291. The minimum absolute atomic E-state index is 0.0223. The van der Waals surface area contributed by atoms with Gasteiger partial charge in [0, 0.05) is 12.6 Å². The summed E-state index contributed by atoms with van der Waals surface area (Å²) in [5.74, 6) is 1.03. The molecule has 0 radical (unpaired) electrons. The highest BCUT2D eigenvalue weighted by molar-refractivity contribution is 8.09. The van der Waals surface area contributed by atoms with E-state index in [1.165, 1.54) is 0 Å². The predicted molar refractivity (Wildman–Crippen MR) is 63.7 cm³/mol. The minimum Gasteiger partial charge on any atom is -0.375 e. The van der Waals surface area contributed by atoms with Gasteiger partial charge in [0.05, 0.1) is 25.4 Å². The molecule has 0 aromatic carbocycles. The molecule has 0 amide bonds. The smallest absolute Gasteiger partial charge is 0.185 e. The Labute approximate surface area is 96.6 Å². The van der Waals surface area contributed by atoms with E-state index in [-0.39, 0.29) is 5.60 Å². The molecular weight excluding hydrogens is 231 g/mol. The average Bonchev–Trinajstić information content (AvgIpc) is 2.46. The molecule has 0 bridgehead atoms. The Morgan fingerprint density at radius 2 is 1.73 bits per heavy atom. The molecule has 0 spiro atoms. The summed E-state index contributed by atoms with van der Waals surface area (Å²) in [5, 5.41) is 0. The summed E-state index contributed by atoms with van der Waals surface area (Å²) in [6.07, 6.45) is 1.09. The summed E-state index contributed by atoms with van der Waals surface area (Å²) < 4.78 is 16.9. The summed E-state index contributed by atoms with van der Waals surface area (Å²) in [5.41, 5.74) is 0.0223. The molecule has 2 aliphatic rings. The maximum atomic E-state index is 5.73. The fraction of sp³-hybridized carbons (Fsp3) is 1.00. The van der Waals surface area contributed by atoms with Gasteiger partial charge in [-0.15, -0.1) is 0 Å². The van der Waals surface area contributed by atoms with Crippen LogP contribution >= 0.6 is 6.49 Å². The van der Waals surface area contributed by atoms with Crippen LogP contribution in [-0.2, 0) is 25.6 Å².